The number of H-pyrrole nitrogens is 1. The SMILES string of the molecule is CCCc1cc(N2CCC(NC(C)=O)C2)nc(Nc2ccc3nc(C(F)(F)F)[nH]c3c2)n1. The molecule has 32 heavy (non-hydrogen) atoms. The van der Waals surface area contributed by atoms with Gasteiger partial charge in [-0.3, -0.25) is 4.79 Å². The Labute approximate surface area is 182 Å². The summed E-state index contributed by atoms with van der Waals surface area (Å²) in [5.41, 5.74) is 1.91. The maximum Gasteiger partial charge on any atom is 0.449 e. The van der Waals surface area contributed by atoms with Gasteiger partial charge in [0.15, 0.2) is 0 Å². The average molecular weight is 447 g/mol. The maximum absolute atomic E-state index is 12.9. The molecule has 1 unspecified atom stereocenters. The molecule has 8 nitrogen and oxygen atoms in total. The Kier molecular flexibility index (Phi) is 5.90. The summed E-state index contributed by atoms with van der Waals surface area (Å²) in [6, 6.07) is 6.72. The molecule has 1 aliphatic rings. The van der Waals surface area contributed by atoms with E-state index >= 15 is 0 Å². The average Bonchev–Trinajstić information content (AvgIpc) is 3.34. The Hall–Kier alpha value is -3.37. The molecule has 1 aliphatic heterocycles. The second-order valence-corrected chi connectivity index (χ2v) is 7.86. The van der Waals surface area contributed by atoms with Crippen molar-refractivity contribution < 1.29 is 18.0 Å². The first-order chi connectivity index (χ1) is 15.2. The summed E-state index contributed by atoms with van der Waals surface area (Å²) in [6.45, 7) is 4.97. The molecule has 1 atom stereocenters. The van der Waals surface area contributed by atoms with E-state index in [1.165, 1.54) is 13.0 Å². The number of aryl methyl sites for hydroxylation is 1. The van der Waals surface area contributed by atoms with Crippen molar-refractivity contribution in [2.24, 2.45) is 0 Å². The highest BCUT2D eigenvalue weighted by Gasteiger charge is 2.34. The van der Waals surface area contributed by atoms with Gasteiger partial charge in [0, 0.05) is 43.5 Å². The van der Waals surface area contributed by atoms with Gasteiger partial charge in [-0.25, -0.2) is 9.97 Å². The van der Waals surface area contributed by atoms with Crippen LogP contribution in [0.4, 0.5) is 30.6 Å². The van der Waals surface area contributed by atoms with Crippen LogP contribution in [0, 0.1) is 0 Å². The number of hydrogen-bond acceptors (Lipinski definition) is 6. The van der Waals surface area contributed by atoms with Crippen LogP contribution >= 0.6 is 0 Å². The summed E-state index contributed by atoms with van der Waals surface area (Å²) < 4.78 is 38.8. The number of benzene rings is 1. The van der Waals surface area contributed by atoms with Crippen molar-refractivity contribution in [3.05, 3.63) is 35.8 Å². The fourth-order valence-corrected chi connectivity index (χ4v) is 3.81. The molecule has 0 radical (unpaired) electrons. The lowest BCUT2D eigenvalue weighted by Gasteiger charge is -2.19. The van der Waals surface area contributed by atoms with E-state index in [-0.39, 0.29) is 23.0 Å². The Morgan fingerprint density at radius 3 is 2.78 bits per heavy atom. The van der Waals surface area contributed by atoms with Crippen LogP contribution in [0.3, 0.4) is 0 Å². The van der Waals surface area contributed by atoms with Crippen LogP contribution in [0.15, 0.2) is 24.3 Å². The van der Waals surface area contributed by atoms with Crippen molar-refractivity contribution in [2.45, 2.75) is 45.3 Å². The van der Waals surface area contributed by atoms with E-state index in [1.54, 1.807) is 12.1 Å². The smallest absolute Gasteiger partial charge is 0.354 e. The molecule has 3 N–H and O–H groups in total. The molecule has 1 amide bonds. The molecule has 1 fully saturated rings. The van der Waals surface area contributed by atoms with Crippen molar-refractivity contribution in [1.29, 1.82) is 0 Å². The van der Waals surface area contributed by atoms with E-state index in [9.17, 15) is 18.0 Å². The van der Waals surface area contributed by atoms with E-state index in [0.717, 1.165) is 37.3 Å². The van der Waals surface area contributed by atoms with Crippen LogP contribution in [-0.4, -0.2) is 45.0 Å². The summed E-state index contributed by atoms with van der Waals surface area (Å²) in [6.07, 6.45) is -2.04. The second kappa shape index (κ2) is 8.64. The quantitative estimate of drug-likeness (QED) is 0.532. The first-order valence-corrected chi connectivity index (χ1v) is 10.4. The minimum Gasteiger partial charge on any atom is -0.354 e. The molecule has 1 aromatic carbocycles. The lowest BCUT2D eigenvalue weighted by Crippen LogP contribution is -2.35. The molecule has 0 spiro atoms. The Morgan fingerprint density at radius 1 is 1.25 bits per heavy atom. The molecule has 1 saturated heterocycles. The highest BCUT2D eigenvalue weighted by Crippen LogP contribution is 2.30. The number of nitrogens with one attached hydrogen (secondary N) is 3. The van der Waals surface area contributed by atoms with Crippen molar-refractivity contribution in [3.8, 4) is 0 Å². The number of imidazole rings is 1. The van der Waals surface area contributed by atoms with Crippen molar-refractivity contribution in [3.63, 3.8) is 0 Å². The van der Waals surface area contributed by atoms with Crippen LogP contribution in [0.5, 0.6) is 0 Å². The van der Waals surface area contributed by atoms with Gasteiger partial charge in [0.25, 0.3) is 0 Å². The predicted octanol–water partition coefficient (Wildman–Crippen LogP) is 3.78. The normalized spacial score (nSPS) is 16.5. The highest BCUT2D eigenvalue weighted by atomic mass is 19.4. The first-order valence-electron chi connectivity index (χ1n) is 10.4. The number of carbonyl (C=O) groups excluding carboxylic acids is 1. The van der Waals surface area contributed by atoms with Crippen LogP contribution < -0.4 is 15.5 Å². The predicted molar refractivity (Wildman–Crippen MR) is 115 cm³/mol. The molecule has 3 aromatic rings. The van der Waals surface area contributed by atoms with Gasteiger partial charge in [-0.2, -0.15) is 18.2 Å². The van der Waals surface area contributed by atoms with Crippen molar-refractivity contribution in [1.82, 2.24) is 25.3 Å². The largest absolute Gasteiger partial charge is 0.449 e. The monoisotopic (exact) mass is 447 g/mol. The lowest BCUT2D eigenvalue weighted by atomic mass is 10.2. The number of halogens is 3. The summed E-state index contributed by atoms with van der Waals surface area (Å²) in [7, 11) is 0. The van der Waals surface area contributed by atoms with Crippen LogP contribution in [0.1, 0.15) is 38.2 Å². The summed E-state index contributed by atoms with van der Waals surface area (Å²) in [4.78, 5) is 28.5. The van der Waals surface area contributed by atoms with Crippen LogP contribution in [0.25, 0.3) is 11.0 Å². The third kappa shape index (κ3) is 4.92. The topological polar surface area (TPSA) is 98.8 Å². The number of aromatic nitrogens is 4. The minimum absolute atomic E-state index is 0.0588. The molecule has 4 rings (SSSR count). The Balaban J connectivity index is 1.58. The van der Waals surface area contributed by atoms with Gasteiger partial charge in [-0.05, 0) is 31.0 Å². The van der Waals surface area contributed by atoms with Crippen LogP contribution in [-0.2, 0) is 17.4 Å². The van der Waals surface area contributed by atoms with Gasteiger partial charge in [-0.15, -0.1) is 0 Å². The summed E-state index contributed by atoms with van der Waals surface area (Å²) >= 11 is 0. The second-order valence-electron chi connectivity index (χ2n) is 7.86. The van der Waals surface area contributed by atoms with Gasteiger partial charge in [0.2, 0.25) is 17.7 Å². The molecule has 3 heterocycles. The van der Waals surface area contributed by atoms with E-state index in [1.807, 2.05) is 6.07 Å². The van der Waals surface area contributed by atoms with E-state index in [4.69, 9.17) is 0 Å². The molecule has 2 aromatic heterocycles. The molecule has 170 valence electrons. The third-order valence-corrected chi connectivity index (χ3v) is 5.20. The highest BCUT2D eigenvalue weighted by molar-refractivity contribution is 5.80. The molecule has 0 aliphatic carbocycles. The van der Waals surface area contributed by atoms with Crippen molar-refractivity contribution >= 4 is 34.4 Å². The molecule has 0 saturated carbocycles. The number of nitrogens with zero attached hydrogens (tertiary/aromatic N) is 4. The summed E-state index contributed by atoms with van der Waals surface area (Å²) in [5, 5.41) is 6.04. The van der Waals surface area contributed by atoms with Gasteiger partial charge in [0.05, 0.1) is 11.0 Å². The number of alkyl halides is 3. The third-order valence-electron chi connectivity index (χ3n) is 5.20. The Morgan fingerprint density at radius 2 is 2.06 bits per heavy atom. The fourth-order valence-electron chi connectivity index (χ4n) is 3.81. The first kappa shape index (κ1) is 21.8. The zero-order valence-electron chi connectivity index (χ0n) is 17.8. The molecule has 0 bridgehead atoms. The number of fused-ring (bicyclic) bond motifs is 1. The van der Waals surface area contributed by atoms with E-state index in [2.05, 4.69) is 42.4 Å². The zero-order chi connectivity index (χ0) is 22.9. The number of carbonyl (C=O) groups is 1. The van der Waals surface area contributed by atoms with E-state index in [0.29, 0.717) is 18.2 Å². The summed E-state index contributed by atoms with van der Waals surface area (Å²) in [5.74, 6) is 0.0250. The van der Waals surface area contributed by atoms with Crippen molar-refractivity contribution in [2.75, 3.05) is 23.3 Å². The van der Waals surface area contributed by atoms with Gasteiger partial charge >= 0.3 is 6.18 Å². The number of amides is 1. The molecular formula is C21H24F3N7O. The van der Waals surface area contributed by atoms with E-state index < -0.39 is 12.0 Å². The Bertz CT molecular complexity index is 1130. The minimum atomic E-state index is -4.54. The standard InChI is InChI=1S/C21H24F3N7O/c1-3-4-13-10-18(31-8-7-15(11-31)25-12(2)32)30-20(26-13)27-14-5-6-16-17(9-14)29-19(28-16)21(22,23)24/h5-6,9-10,15H,3-4,7-8,11H2,1-2H3,(H,25,32)(H,28,29)(H,26,27,30). The van der Waals surface area contributed by atoms with Gasteiger partial charge in [0.1, 0.15) is 5.82 Å². The fraction of sp³-hybridized carbons (Fsp3) is 0.429. The molecular weight excluding hydrogens is 423 g/mol. The zero-order valence-corrected chi connectivity index (χ0v) is 17.8. The van der Waals surface area contributed by atoms with Gasteiger partial charge in [-0.1, -0.05) is 13.3 Å². The number of hydrogen-bond donors (Lipinski definition) is 3. The number of anilines is 3. The van der Waals surface area contributed by atoms with Gasteiger partial charge < -0.3 is 20.5 Å². The van der Waals surface area contributed by atoms with Crippen LogP contribution in [0.2, 0.25) is 0 Å². The maximum atomic E-state index is 12.9. The lowest BCUT2D eigenvalue weighted by molar-refractivity contribution is -0.144. The number of rotatable bonds is 6. The number of aromatic amines is 1. The molecule has 11 heteroatoms.